The lowest BCUT2D eigenvalue weighted by atomic mass is 10.0. The van der Waals surface area contributed by atoms with Crippen LogP contribution in [0.15, 0.2) is 43.0 Å². The van der Waals surface area contributed by atoms with Crippen molar-refractivity contribution in [1.82, 2.24) is 19.8 Å². The first kappa shape index (κ1) is 31.1. The predicted octanol–water partition coefficient (Wildman–Crippen LogP) is 5.21. The maximum absolute atomic E-state index is 14.6. The smallest absolute Gasteiger partial charge is 0.318 e. The number of hydrogen-bond acceptors (Lipinski definition) is 8. The molecule has 0 N–H and O–H groups in total. The van der Waals surface area contributed by atoms with E-state index in [1.165, 1.54) is 18.6 Å². The van der Waals surface area contributed by atoms with Gasteiger partial charge in [-0.3, -0.25) is 4.79 Å². The minimum atomic E-state index is -0.446. The molecule has 1 aromatic heterocycles. The van der Waals surface area contributed by atoms with Crippen LogP contribution < -0.4 is 14.5 Å². The molecule has 1 saturated carbocycles. The maximum atomic E-state index is 14.6. The molecule has 45 heavy (non-hydrogen) atoms. The van der Waals surface area contributed by atoms with Gasteiger partial charge in [0.1, 0.15) is 11.6 Å². The second kappa shape index (κ2) is 13.2. The van der Waals surface area contributed by atoms with Gasteiger partial charge in [-0.25, -0.2) is 4.39 Å². The van der Waals surface area contributed by atoms with Crippen LogP contribution in [0.4, 0.5) is 15.9 Å². The topological polar surface area (TPSA) is 88.8 Å². The Kier molecular flexibility index (Phi) is 9.11. The van der Waals surface area contributed by atoms with Crippen LogP contribution in [0, 0.1) is 23.1 Å². The maximum Gasteiger partial charge on any atom is 0.318 e. The molecule has 11 heteroatoms. The Bertz CT molecular complexity index is 1640. The summed E-state index contributed by atoms with van der Waals surface area (Å²) in [5.74, 6) is 0.566. The summed E-state index contributed by atoms with van der Waals surface area (Å²) in [6.07, 6.45) is 5.60. The summed E-state index contributed by atoms with van der Waals surface area (Å²) in [7, 11) is 4.23. The summed E-state index contributed by atoms with van der Waals surface area (Å²) < 4.78 is 20.9. The van der Waals surface area contributed by atoms with E-state index in [1.54, 1.807) is 11.0 Å². The molecule has 0 spiro atoms. The number of nitrogens with zero attached hydrogens (tertiary/aromatic N) is 7. The van der Waals surface area contributed by atoms with E-state index < -0.39 is 5.82 Å². The van der Waals surface area contributed by atoms with Crippen molar-refractivity contribution >= 4 is 39.8 Å². The van der Waals surface area contributed by atoms with E-state index in [9.17, 15) is 14.4 Å². The van der Waals surface area contributed by atoms with Crippen molar-refractivity contribution in [2.45, 2.75) is 50.7 Å². The molecule has 1 unspecified atom stereocenters. The second-order valence-corrected chi connectivity index (χ2v) is 12.8. The molecular formula is C34H39ClFN7O2. The largest absolute Gasteiger partial charge is 0.463 e. The zero-order chi connectivity index (χ0) is 31.7. The first-order valence-corrected chi connectivity index (χ1v) is 16.0. The van der Waals surface area contributed by atoms with Crippen molar-refractivity contribution in [3.05, 3.63) is 65.1 Å². The number of hydrogen-bond donors (Lipinski definition) is 0. The van der Waals surface area contributed by atoms with Crippen molar-refractivity contribution in [3.8, 4) is 12.1 Å². The number of amides is 1. The summed E-state index contributed by atoms with van der Waals surface area (Å²) >= 11 is 6.51. The standard InChI is InChI=1S/C34H39ClFN7O2/c1-4-30(44)43-18-17-42(19-24(43)13-15-37)33-25-14-16-41(29-10-5-7-22-11-12-26(36)32(35)31(22)29)20-27(25)38-34(39-33)45-21-23-8-6-9-28(23)40(2)3/h4-5,7,10-12,23-24,28H,1,6,8-9,13-14,16-21H2,2-3H3/t23-,24?,28-/m0/s1. The third-order valence-corrected chi connectivity index (χ3v) is 9.92. The molecule has 1 saturated heterocycles. The number of fused-ring (bicyclic) bond motifs is 2. The van der Waals surface area contributed by atoms with Crippen LogP contribution >= 0.6 is 11.6 Å². The van der Waals surface area contributed by atoms with Crippen LogP contribution in [0.5, 0.6) is 6.01 Å². The lowest BCUT2D eigenvalue weighted by Gasteiger charge is -2.42. The number of anilines is 2. The summed E-state index contributed by atoms with van der Waals surface area (Å²) in [6, 6.07) is 11.8. The van der Waals surface area contributed by atoms with Crippen molar-refractivity contribution < 1.29 is 13.9 Å². The summed E-state index contributed by atoms with van der Waals surface area (Å²) in [4.78, 5) is 30.9. The van der Waals surface area contributed by atoms with Crippen molar-refractivity contribution in [2.24, 2.45) is 5.92 Å². The van der Waals surface area contributed by atoms with E-state index in [0.717, 1.165) is 41.0 Å². The SMILES string of the molecule is C=CC(=O)N1CCN(c2nc(OC[C@@H]3CCC[C@@H]3N(C)C)nc3c2CCN(c2cccc4ccc(F)c(Cl)c24)C3)CC1CC#N. The number of rotatable bonds is 8. The molecule has 2 aromatic carbocycles. The molecule has 3 atom stereocenters. The first-order valence-electron chi connectivity index (χ1n) is 15.6. The van der Waals surface area contributed by atoms with Crippen molar-refractivity contribution in [2.75, 3.05) is 56.7 Å². The van der Waals surface area contributed by atoms with Gasteiger partial charge >= 0.3 is 6.01 Å². The molecule has 9 nitrogen and oxygen atoms in total. The van der Waals surface area contributed by atoms with Gasteiger partial charge in [-0.15, -0.1) is 0 Å². The molecule has 6 rings (SSSR count). The molecule has 1 amide bonds. The third-order valence-electron chi connectivity index (χ3n) is 9.55. The van der Waals surface area contributed by atoms with Crippen molar-refractivity contribution in [3.63, 3.8) is 0 Å². The first-order chi connectivity index (χ1) is 21.8. The van der Waals surface area contributed by atoms with Gasteiger partial charge in [0.2, 0.25) is 5.91 Å². The molecule has 2 fully saturated rings. The van der Waals surface area contributed by atoms with Crippen LogP contribution in [-0.2, 0) is 17.8 Å². The van der Waals surface area contributed by atoms with Gasteiger partial charge < -0.3 is 24.3 Å². The fourth-order valence-corrected chi connectivity index (χ4v) is 7.55. The number of aromatic nitrogens is 2. The number of nitriles is 1. The highest BCUT2D eigenvalue weighted by atomic mass is 35.5. The van der Waals surface area contributed by atoms with Gasteiger partial charge in [0.25, 0.3) is 0 Å². The Morgan fingerprint density at radius 1 is 1.20 bits per heavy atom. The molecule has 2 aliphatic heterocycles. The van der Waals surface area contributed by atoms with Crippen LogP contribution in [0.1, 0.15) is 36.9 Å². The molecule has 236 valence electrons. The highest BCUT2D eigenvalue weighted by Gasteiger charge is 2.34. The Morgan fingerprint density at radius 3 is 2.82 bits per heavy atom. The van der Waals surface area contributed by atoms with E-state index in [-0.39, 0.29) is 23.4 Å². The fraction of sp³-hybridized carbons (Fsp3) is 0.471. The molecule has 1 aliphatic carbocycles. The van der Waals surface area contributed by atoms with Gasteiger partial charge in [-0.05, 0) is 57.0 Å². The summed E-state index contributed by atoms with van der Waals surface area (Å²) in [5.41, 5.74) is 2.74. The quantitative estimate of drug-likeness (QED) is 0.313. The molecule has 0 bridgehead atoms. The monoisotopic (exact) mass is 631 g/mol. The average molecular weight is 632 g/mol. The Hall–Kier alpha value is -3.94. The van der Waals surface area contributed by atoms with E-state index in [0.29, 0.717) is 69.1 Å². The number of halogens is 2. The van der Waals surface area contributed by atoms with Gasteiger partial charge in [-0.1, -0.05) is 42.8 Å². The van der Waals surface area contributed by atoms with E-state index in [4.69, 9.17) is 26.3 Å². The summed E-state index contributed by atoms with van der Waals surface area (Å²) in [5, 5.41) is 11.2. The number of piperazine rings is 1. The zero-order valence-electron chi connectivity index (χ0n) is 25.9. The average Bonchev–Trinajstić information content (AvgIpc) is 3.53. The molecule has 3 aliphatic rings. The number of carbonyl (C=O) groups is 1. The lowest BCUT2D eigenvalue weighted by molar-refractivity contribution is -0.128. The lowest BCUT2D eigenvalue weighted by Crippen LogP contribution is -2.55. The number of benzene rings is 2. The minimum absolute atomic E-state index is 0.115. The molecule has 3 aromatic rings. The predicted molar refractivity (Wildman–Crippen MR) is 174 cm³/mol. The molecular weight excluding hydrogens is 593 g/mol. The van der Waals surface area contributed by atoms with Gasteiger partial charge in [0, 0.05) is 54.8 Å². The van der Waals surface area contributed by atoms with E-state index >= 15 is 0 Å². The van der Waals surface area contributed by atoms with Gasteiger partial charge in [0.15, 0.2) is 0 Å². The highest BCUT2D eigenvalue weighted by molar-refractivity contribution is 6.36. The minimum Gasteiger partial charge on any atom is -0.463 e. The van der Waals surface area contributed by atoms with Crippen LogP contribution in [0.2, 0.25) is 5.02 Å². The Balaban J connectivity index is 1.35. The molecule has 3 heterocycles. The van der Waals surface area contributed by atoms with E-state index in [1.807, 2.05) is 18.2 Å². The number of ether oxygens (including phenoxy) is 1. The Morgan fingerprint density at radius 2 is 2.04 bits per heavy atom. The zero-order valence-corrected chi connectivity index (χ0v) is 26.6. The van der Waals surface area contributed by atoms with Crippen LogP contribution in [-0.4, -0.2) is 84.6 Å². The van der Waals surface area contributed by atoms with Crippen molar-refractivity contribution in [1.29, 1.82) is 5.26 Å². The van der Waals surface area contributed by atoms with E-state index in [2.05, 4.69) is 41.4 Å². The number of carbonyl (C=O) groups excluding carboxylic acids is 1. The van der Waals surface area contributed by atoms with Crippen LogP contribution in [0.3, 0.4) is 0 Å². The van der Waals surface area contributed by atoms with Gasteiger partial charge in [0.05, 0.1) is 42.4 Å². The van der Waals surface area contributed by atoms with Crippen LogP contribution in [0.25, 0.3) is 10.8 Å². The molecule has 0 radical (unpaired) electrons. The van der Waals surface area contributed by atoms with Gasteiger partial charge in [-0.2, -0.15) is 15.2 Å². The Labute approximate surface area is 268 Å². The second-order valence-electron chi connectivity index (χ2n) is 12.4. The third kappa shape index (κ3) is 6.16. The fourth-order valence-electron chi connectivity index (χ4n) is 7.28. The normalized spacial score (nSPS) is 21.6. The summed E-state index contributed by atoms with van der Waals surface area (Å²) in [6.45, 7) is 6.83. The highest BCUT2D eigenvalue weighted by Crippen LogP contribution is 2.38.